The molecule has 2 aliphatic rings. The Balaban J connectivity index is 1.07. The Bertz CT molecular complexity index is 1210. The minimum atomic E-state index is -0.132. The molecule has 0 atom stereocenters. The maximum atomic E-state index is 12.7. The summed E-state index contributed by atoms with van der Waals surface area (Å²) in [5, 5.41) is 12.3. The smallest absolute Gasteiger partial charge is 0.317 e. The molecule has 3 amide bonds. The molecule has 2 N–H and O–H groups in total. The lowest BCUT2D eigenvalue weighted by Crippen LogP contribution is -2.44. The molecule has 8 heteroatoms. The monoisotopic (exact) mass is 508 g/mol. The highest BCUT2D eigenvalue weighted by Gasteiger charge is 2.26. The zero-order valence-corrected chi connectivity index (χ0v) is 21.6. The number of nitrogens with one attached hydrogen (secondary N) is 2. The van der Waals surface area contributed by atoms with Crippen LogP contribution in [-0.4, -0.2) is 41.5 Å². The van der Waals surface area contributed by atoms with Crippen molar-refractivity contribution in [1.29, 1.82) is 0 Å². The van der Waals surface area contributed by atoms with E-state index in [9.17, 15) is 9.59 Å². The zero-order valence-electron chi connectivity index (χ0n) is 19.9. The molecule has 184 valence electrons. The molecule has 0 bridgehead atoms. The Morgan fingerprint density at radius 3 is 2.74 bits per heavy atom. The molecule has 1 aliphatic heterocycles. The van der Waals surface area contributed by atoms with Crippen LogP contribution in [0.15, 0.2) is 46.7 Å². The van der Waals surface area contributed by atoms with Gasteiger partial charge in [0.05, 0.1) is 5.01 Å². The van der Waals surface area contributed by atoms with Crippen molar-refractivity contribution < 1.29 is 9.59 Å². The van der Waals surface area contributed by atoms with Crippen LogP contribution < -0.4 is 10.6 Å². The predicted molar refractivity (Wildman–Crippen MR) is 143 cm³/mol. The maximum Gasteiger partial charge on any atom is 0.317 e. The predicted octanol–water partition coefficient (Wildman–Crippen LogP) is 6.07. The molecule has 0 radical (unpaired) electrons. The molecule has 0 saturated carbocycles. The van der Waals surface area contributed by atoms with Gasteiger partial charge in [-0.3, -0.25) is 4.79 Å². The number of piperidine rings is 1. The second-order valence-corrected chi connectivity index (χ2v) is 11.2. The van der Waals surface area contributed by atoms with E-state index in [1.807, 2.05) is 22.4 Å². The van der Waals surface area contributed by atoms with Crippen molar-refractivity contribution in [2.45, 2.75) is 57.4 Å². The topological polar surface area (TPSA) is 74.3 Å². The summed E-state index contributed by atoms with van der Waals surface area (Å²) in [5.74, 6) is 0.173. The van der Waals surface area contributed by atoms with Crippen LogP contribution in [-0.2, 0) is 6.54 Å². The molecule has 0 unspecified atom stereocenters. The fraction of sp³-hybridized carbons (Fsp3) is 0.444. The lowest BCUT2D eigenvalue weighted by Gasteiger charge is -2.31. The van der Waals surface area contributed by atoms with Gasteiger partial charge in [-0.25, -0.2) is 9.78 Å². The number of thiazole rings is 1. The number of benzene rings is 1. The maximum absolute atomic E-state index is 12.7. The number of likely N-dealkylation sites (tertiary alicyclic amines) is 1. The molecule has 35 heavy (non-hydrogen) atoms. The van der Waals surface area contributed by atoms with E-state index < -0.39 is 0 Å². The van der Waals surface area contributed by atoms with Crippen LogP contribution in [0.4, 0.5) is 4.79 Å². The van der Waals surface area contributed by atoms with Gasteiger partial charge in [0.15, 0.2) is 0 Å². The molecule has 1 aromatic carbocycles. The summed E-state index contributed by atoms with van der Waals surface area (Å²) < 4.78 is 1.23. The molecule has 1 fully saturated rings. The summed E-state index contributed by atoms with van der Waals surface area (Å²) in [6.07, 6.45) is 10.0. The van der Waals surface area contributed by atoms with E-state index in [0.717, 1.165) is 49.5 Å². The van der Waals surface area contributed by atoms with Gasteiger partial charge in [0.25, 0.3) is 5.91 Å². The molecular formula is C27H32N4O2S2. The van der Waals surface area contributed by atoms with Crippen molar-refractivity contribution in [3.8, 4) is 0 Å². The number of hydrogen-bond acceptors (Lipinski definition) is 5. The lowest BCUT2D eigenvalue weighted by molar-refractivity contribution is 0.0946. The largest absolute Gasteiger partial charge is 0.347 e. The van der Waals surface area contributed by atoms with Crippen LogP contribution >= 0.6 is 22.7 Å². The number of urea groups is 1. The van der Waals surface area contributed by atoms with Gasteiger partial charge in [-0.05, 0) is 67.3 Å². The number of carbonyl (C=O) groups excluding carboxylic acids is 2. The second-order valence-electron chi connectivity index (χ2n) is 9.36. The van der Waals surface area contributed by atoms with Gasteiger partial charge >= 0.3 is 6.03 Å². The zero-order chi connectivity index (χ0) is 24.0. The second kappa shape index (κ2) is 11.4. The minimum Gasteiger partial charge on any atom is -0.347 e. The highest BCUT2D eigenvalue weighted by Crippen LogP contribution is 2.31. The van der Waals surface area contributed by atoms with Crippen LogP contribution in [0, 0.1) is 0 Å². The first-order valence-corrected chi connectivity index (χ1v) is 14.3. The first-order valence-electron chi connectivity index (χ1n) is 12.6. The van der Waals surface area contributed by atoms with Gasteiger partial charge < -0.3 is 15.5 Å². The summed E-state index contributed by atoms with van der Waals surface area (Å²) in [5.41, 5.74) is 3.11. The number of rotatable bonds is 7. The third kappa shape index (κ3) is 5.93. The SMILES string of the molecule is O=C(NCc1csc2ccccc12)c1csc(C2CCN(C(=O)NCCC3=CCCCC3)CC2)n1. The van der Waals surface area contributed by atoms with Gasteiger partial charge in [0.1, 0.15) is 5.69 Å². The Morgan fingerprint density at radius 1 is 1.06 bits per heavy atom. The molecule has 2 aromatic heterocycles. The third-order valence-electron chi connectivity index (χ3n) is 6.99. The van der Waals surface area contributed by atoms with Crippen LogP contribution in [0.25, 0.3) is 10.1 Å². The molecule has 0 spiro atoms. The van der Waals surface area contributed by atoms with E-state index >= 15 is 0 Å². The van der Waals surface area contributed by atoms with Crippen molar-refractivity contribution >= 4 is 44.7 Å². The molecule has 3 heterocycles. The summed E-state index contributed by atoms with van der Waals surface area (Å²) in [4.78, 5) is 31.8. The average molecular weight is 509 g/mol. The van der Waals surface area contributed by atoms with Gasteiger partial charge in [-0.15, -0.1) is 22.7 Å². The van der Waals surface area contributed by atoms with Crippen molar-refractivity contribution in [1.82, 2.24) is 20.5 Å². The van der Waals surface area contributed by atoms with E-state index in [0.29, 0.717) is 18.2 Å². The van der Waals surface area contributed by atoms with E-state index in [4.69, 9.17) is 0 Å². The number of carbonyl (C=O) groups is 2. The van der Waals surface area contributed by atoms with E-state index in [2.05, 4.69) is 39.2 Å². The van der Waals surface area contributed by atoms with Crippen LogP contribution in [0.1, 0.15) is 71.9 Å². The standard InChI is InChI=1S/C27H32N4O2S2/c32-25(29-16-21-17-34-24-9-5-4-8-22(21)24)23-18-35-26(30-23)20-11-14-31(15-12-20)27(33)28-13-10-19-6-2-1-3-7-19/h4-6,8-9,17-18,20H,1-3,7,10-16H2,(H,28,33)(H,29,32). The summed E-state index contributed by atoms with van der Waals surface area (Å²) >= 11 is 3.25. The van der Waals surface area contributed by atoms with Gasteiger partial charge in [0, 0.05) is 42.2 Å². The average Bonchev–Trinajstić information content (AvgIpc) is 3.56. The summed E-state index contributed by atoms with van der Waals surface area (Å²) in [7, 11) is 0. The fourth-order valence-electron chi connectivity index (χ4n) is 4.92. The number of hydrogen-bond donors (Lipinski definition) is 2. The summed E-state index contributed by atoms with van der Waals surface area (Å²) in [6.45, 7) is 2.67. The first kappa shape index (κ1) is 24.0. The van der Waals surface area contributed by atoms with Crippen molar-refractivity contribution in [2.75, 3.05) is 19.6 Å². The Kier molecular flexibility index (Phi) is 7.79. The van der Waals surface area contributed by atoms with E-state index in [-0.39, 0.29) is 11.9 Å². The fourth-order valence-corrected chi connectivity index (χ4v) is 6.85. The Morgan fingerprint density at radius 2 is 1.91 bits per heavy atom. The van der Waals surface area contributed by atoms with Crippen molar-refractivity contribution in [3.63, 3.8) is 0 Å². The van der Waals surface area contributed by atoms with Crippen LogP contribution in [0.5, 0.6) is 0 Å². The van der Waals surface area contributed by atoms with Crippen LogP contribution in [0.3, 0.4) is 0 Å². The Labute approximate surface area is 214 Å². The van der Waals surface area contributed by atoms with Gasteiger partial charge in [-0.2, -0.15) is 0 Å². The number of allylic oxidation sites excluding steroid dienone is 1. The number of amides is 3. The highest BCUT2D eigenvalue weighted by molar-refractivity contribution is 7.17. The Hall–Kier alpha value is -2.71. The van der Waals surface area contributed by atoms with E-state index in [1.54, 1.807) is 22.7 Å². The number of fused-ring (bicyclic) bond motifs is 1. The molecule has 3 aromatic rings. The normalized spacial score (nSPS) is 16.8. The first-order chi connectivity index (χ1) is 17.2. The third-order valence-corrected chi connectivity index (χ3v) is 9.01. The quantitative estimate of drug-likeness (QED) is 0.381. The van der Waals surface area contributed by atoms with Crippen LogP contribution in [0.2, 0.25) is 0 Å². The van der Waals surface area contributed by atoms with Gasteiger partial charge in [-0.1, -0.05) is 29.8 Å². The molecule has 5 rings (SSSR count). The van der Waals surface area contributed by atoms with Crippen molar-refractivity contribution in [2.24, 2.45) is 0 Å². The molecule has 6 nitrogen and oxygen atoms in total. The number of thiophene rings is 1. The van der Waals surface area contributed by atoms with E-state index in [1.165, 1.54) is 41.3 Å². The van der Waals surface area contributed by atoms with Crippen molar-refractivity contribution in [3.05, 3.63) is 62.9 Å². The summed E-state index contributed by atoms with van der Waals surface area (Å²) in [6, 6.07) is 8.29. The number of nitrogens with zero attached hydrogens (tertiary/aromatic N) is 2. The minimum absolute atomic E-state index is 0.0417. The molecule has 1 saturated heterocycles. The molecular weight excluding hydrogens is 476 g/mol. The highest BCUT2D eigenvalue weighted by atomic mass is 32.1. The number of aromatic nitrogens is 1. The van der Waals surface area contributed by atoms with Gasteiger partial charge in [0.2, 0.25) is 0 Å². The molecule has 1 aliphatic carbocycles. The lowest BCUT2D eigenvalue weighted by atomic mass is 9.97.